The van der Waals surface area contributed by atoms with Crippen LogP contribution in [0.3, 0.4) is 0 Å². The van der Waals surface area contributed by atoms with Gasteiger partial charge < -0.3 is 9.73 Å². The van der Waals surface area contributed by atoms with Crippen LogP contribution in [0.2, 0.25) is 0 Å². The molecular weight excluding hydrogens is 362 g/mol. The van der Waals surface area contributed by atoms with Crippen molar-refractivity contribution in [1.82, 2.24) is 14.9 Å². The maximum absolute atomic E-state index is 12.8. The third-order valence-corrected chi connectivity index (χ3v) is 5.22. The van der Waals surface area contributed by atoms with Gasteiger partial charge in [0.15, 0.2) is 5.16 Å². The first-order valence-corrected chi connectivity index (χ1v) is 10.0. The van der Waals surface area contributed by atoms with Crippen molar-refractivity contribution in [2.24, 2.45) is 0 Å². The minimum Gasteiger partial charge on any atom is -0.467 e. The standard InChI is InChI=1S/C20H23N3O3S/c1-3-4-11-23-19(25)15-8-5-6-9-16(15)22-20(23)27-13-18(24)21-14(2)17-10-7-12-26-17/h5-10,12,14H,3-4,11,13H2,1-2H3,(H,21,24). The normalized spacial score (nSPS) is 12.2. The number of nitrogens with zero attached hydrogens (tertiary/aromatic N) is 2. The summed E-state index contributed by atoms with van der Waals surface area (Å²) in [5.41, 5.74) is 0.600. The van der Waals surface area contributed by atoms with Crippen LogP contribution in [-0.2, 0) is 11.3 Å². The lowest BCUT2D eigenvalue weighted by Crippen LogP contribution is -2.29. The number of amides is 1. The average Bonchev–Trinajstić information content (AvgIpc) is 3.21. The van der Waals surface area contributed by atoms with Gasteiger partial charge in [-0.05, 0) is 37.6 Å². The molecule has 1 N–H and O–H groups in total. The Bertz CT molecular complexity index is 966. The highest BCUT2D eigenvalue weighted by atomic mass is 32.2. The Morgan fingerprint density at radius 2 is 2.11 bits per heavy atom. The molecule has 0 saturated heterocycles. The van der Waals surface area contributed by atoms with Gasteiger partial charge >= 0.3 is 0 Å². The predicted octanol–water partition coefficient (Wildman–Crippen LogP) is 3.76. The second kappa shape index (κ2) is 8.90. The first-order chi connectivity index (χ1) is 13.1. The topological polar surface area (TPSA) is 77.1 Å². The number of carbonyl (C=O) groups is 1. The Morgan fingerprint density at radius 3 is 2.85 bits per heavy atom. The maximum Gasteiger partial charge on any atom is 0.262 e. The summed E-state index contributed by atoms with van der Waals surface area (Å²) in [6.45, 7) is 4.54. The lowest BCUT2D eigenvalue weighted by molar-refractivity contribution is -0.119. The molecule has 3 rings (SSSR count). The second-order valence-corrected chi connectivity index (χ2v) is 7.26. The zero-order valence-corrected chi connectivity index (χ0v) is 16.3. The van der Waals surface area contributed by atoms with Crippen LogP contribution >= 0.6 is 11.8 Å². The summed E-state index contributed by atoms with van der Waals surface area (Å²) in [4.78, 5) is 29.8. The van der Waals surface area contributed by atoms with E-state index in [1.807, 2.05) is 31.2 Å². The lowest BCUT2D eigenvalue weighted by atomic mass is 10.2. The molecule has 6 nitrogen and oxygen atoms in total. The number of nitrogens with one attached hydrogen (secondary N) is 1. The van der Waals surface area contributed by atoms with Gasteiger partial charge in [-0.1, -0.05) is 37.2 Å². The number of unbranched alkanes of at least 4 members (excludes halogenated alkanes) is 1. The molecule has 1 unspecified atom stereocenters. The smallest absolute Gasteiger partial charge is 0.262 e. The van der Waals surface area contributed by atoms with E-state index in [-0.39, 0.29) is 23.3 Å². The zero-order chi connectivity index (χ0) is 19.2. The molecular formula is C20H23N3O3S. The van der Waals surface area contributed by atoms with E-state index in [1.165, 1.54) is 11.8 Å². The monoisotopic (exact) mass is 385 g/mol. The largest absolute Gasteiger partial charge is 0.467 e. The van der Waals surface area contributed by atoms with Crippen LogP contribution in [0, 0.1) is 0 Å². The van der Waals surface area contributed by atoms with Gasteiger partial charge in [0.05, 0.1) is 29.0 Å². The summed E-state index contributed by atoms with van der Waals surface area (Å²) >= 11 is 1.28. The van der Waals surface area contributed by atoms with Crippen LogP contribution in [0.15, 0.2) is 57.0 Å². The Kier molecular flexibility index (Phi) is 6.34. The minimum atomic E-state index is -0.208. The van der Waals surface area contributed by atoms with E-state index in [1.54, 1.807) is 23.0 Å². The number of para-hydroxylation sites is 1. The molecule has 3 aromatic rings. The molecule has 1 aromatic carbocycles. The van der Waals surface area contributed by atoms with E-state index in [9.17, 15) is 9.59 Å². The molecule has 0 aliphatic rings. The fourth-order valence-electron chi connectivity index (χ4n) is 2.79. The van der Waals surface area contributed by atoms with Crippen LogP contribution in [-0.4, -0.2) is 21.2 Å². The number of aromatic nitrogens is 2. The van der Waals surface area contributed by atoms with E-state index in [0.29, 0.717) is 28.4 Å². The fraction of sp³-hybridized carbons (Fsp3) is 0.350. The molecule has 1 amide bonds. The summed E-state index contributed by atoms with van der Waals surface area (Å²) in [5.74, 6) is 0.757. The van der Waals surface area contributed by atoms with Crippen LogP contribution in [0.5, 0.6) is 0 Å². The van der Waals surface area contributed by atoms with Crippen molar-refractivity contribution >= 4 is 28.6 Å². The molecule has 2 aromatic heterocycles. The number of fused-ring (bicyclic) bond motifs is 1. The van der Waals surface area contributed by atoms with Gasteiger partial charge in [0.2, 0.25) is 5.91 Å². The van der Waals surface area contributed by atoms with Gasteiger partial charge in [-0.15, -0.1) is 0 Å². The van der Waals surface area contributed by atoms with Crippen molar-refractivity contribution < 1.29 is 9.21 Å². The fourth-order valence-corrected chi connectivity index (χ4v) is 3.63. The Hall–Kier alpha value is -2.54. The number of hydrogen-bond donors (Lipinski definition) is 1. The van der Waals surface area contributed by atoms with Crippen LogP contribution in [0.25, 0.3) is 10.9 Å². The molecule has 0 aliphatic heterocycles. The number of carbonyl (C=O) groups excluding carboxylic acids is 1. The Morgan fingerprint density at radius 1 is 1.30 bits per heavy atom. The molecule has 7 heteroatoms. The van der Waals surface area contributed by atoms with Gasteiger partial charge in [-0.3, -0.25) is 14.2 Å². The molecule has 0 bridgehead atoms. The highest BCUT2D eigenvalue weighted by Crippen LogP contribution is 2.19. The quantitative estimate of drug-likeness (QED) is 0.472. The Labute approximate surface area is 162 Å². The number of furan rings is 1. The summed E-state index contributed by atoms with van der Waals surface area (Å²) in [5, 5.41) is 4.08. The van der Waals surface area contributed by atoms with Crippen molar-refractivity contribution in [3.05, 3.63) is 58.8 Å². The molecule has 27 heavy (non-hydrogen) atoms. The minimum absolute atomic E-state index is 0.0547. The average molecular weight is 385 g/mol. The second-order valence-electron chi connectivity index (χ2n) is 6.32. The van der Waals surface area contributed by atoms with Gasteiger partial charge in [0.25, 0.3) is 5.56 Å². The van der Waals surface area contributed by atoms with Crippen molar-refractivity contribution in [2.45, 2.75) is 44.4 Å². The van der Waals surface area contributed by atoms with E-state index >= 15 is 0 Å². The molecule has 142 valence electrons. The number of thioether (sulfide) groups is 1. The number of rotatable bonds is 8. The predicted molar refractivity (Wildman–Crippen MR) is 107 cm³/mol. The van der Waals surface area contributed by atoms with E-state index < -0.39 is 0 Å². The van der Waals surface area contributed by atoms with Crippen molar-refractivity contribution in [1.29, 1.82) is 0 Å². The zero-order valence-electron chi connectivity index (χ0n) is 15.5. The Balaban J connectivity index is 1.76. The van der Waals surface area contributed by atoms with Gasteiger partial charge in [-0.25, -0.2) is 4.98 Å². The summed E-state index contributed by atoms with van der Waals surface area (Å²) < 4.78 is 6.99. The summed E-state index contributed by atoms with van der Waals surface area (Å²) in [6.07, 6.45) is 3.44. The molecule has 0 fully saturated rings. The molecule has 1 atom stereocenters. The first kappa shape index (κ1) is 19.2. The molecule has 0 radical (unpaired) electrons. The highest BCUT2D eigenvalue weighted by molar-refractivity contribution is 7.99. The van der Waals surface area contributed by atoms with Gasteiger partial charge in [0, 0.05) is 6.54 Å². The summed E-state index contributed by atoms with van der Waals surface area (Å²) in [6, 6.07) is 10.7. The third kappa shape index (κ3) is 4.60. The van der Waals surface area contributed by atoms with Crippen LogP contribution in [0.4, 0.5) is 0 Å². The molecule has 0 spiro atoms. The van der Waals surface area contributed by atoms with E-state index in [2.05, 4.69) is 17.2 Å². The van der Waals surface area contributed by atoms with Crippen molar-refractivity contribution in [3.8, 4) is 0 Å². The third-order valence-electron chi connectivity index (χ3n) is 4.24. The maximum atomic E-state index is 12.8. The van der Waals surface area contributed by atoms with Gasteiger partial charge in [0.1, 0.15) is 5.76 Å². The number of hydrogen-bond acceptors (Lipinski definition) is 5. The van der Waals surface area contributed by atoms with E-state index in [0.717, 1.165) is 12.8 Å². The molecule has 2 heterocycles. The van der Waals surface area contributed by atoms with Crippen molar-refractivity contribution in [2.75, 3.05) is 5.75 Å². The summed E-state index contributed by atoms with van der Waals surface area (Å²) in [7, 11) is 0. The van der Waals surface area contributed by atoms with Crippen molar-refractivity contribution in [3.63, 3.8) is 0 Å². The van der Waals surface area contributed by atoms with Crippen LogP contribution in [0.1, 0.15) is 38.5 Å². The SMILES string of the molecule is CCCCn1c(SCC(=O)NC(C)c2ccco2)nc2ccccc2c1=O. The van der Waals surface area contributed by atoms with Gasteiger partial charge in [-0.2, -0.15) is 0 Å². The highest BCUT2D eigenvalue weighted by Gasteiger charge is 2.15. The molecule has 0 saturated carbocycles. The van der Waals surface area contributed by atoms with Crippen LogP contribution < -0.4 is 10.9 Å². The first-order valence-electron chi connectivity index (χ1n) is 9.05. The number of benzene rings is 1. The van der Waals surface area contributed by atoms with E-state index in [4.69, 9.17) is 4.42 Å². The lowest BCUT2D eigenvalue weighted by Gasteiger charge is -2.14. The molecule has 0 aliphatic carbocycles.